The van der Waals surface area contributed by atoms with Crippen molar-refractivity contribution in [3.8, 4) is 0 Å². The van der Waals surface area contributed by atoms with Crippen molar-refractivity contribution in [3.05, 3.63) is 11.8 Å². The Balaban J connectivity index is 2.40. The number of nitrogens with zero attached hydrogens (tertiary/aromatic N) is 2. The van der Waals surface area contributed by atoms with Crippen molar-refractivity contribution in [1.29, 1.82) is 0 Å². The smallest absolute Gasteiger partial charge is 0.0658 e. The molecule has 0 aromatic heterocycles. The highest BCUT2D eigenvalue weighted by Crippen LogP contribution is 2.14. The van der Waals surface area contributed by atoms with Crippen LogP contribution < -0.4 is 5.43 Å². The topological polar surface area (TPSA) is 27.6 Å². The fourth-order valence-electron chi connectivity index (χ4n) is 1.89. The monoisotopic (exact) mass is 257 g/mol. The molecule has 4 heteroatoms. The van der Waals surface area contributed by atoms with Crippen LogP contribution in [0.2, 0.25) is 0 Å². The van der Waals surface area contributed by atoms with Crippen molar-refractivity contribution in [2.24, 2.45) is 5.10 Å². The number of nitrogens with one attached hydrogen (secondary N) is 1. The van der Waals surface area contributed by atoms with E-state index < -0.39 is 0 Å². The highest BCUT2D eigenvalue weighted by molar-refractivity contribution is 6.14. The average Bonchev–Trinajstić information content (AvgIpc) is 2.29. The lowest BCUT2D eigenvalue weighted by molar-refractivity contribution is 0.380. The van der Waals surface area contributed by atoms with E-state index >= 15 is 0 Å². The number of halogens is 1. The highest BCUT2D eigenvalue weighted by atomic mass is 35.5. The molecule has 1 aliphatic heterocycles. The van der Waals surface area contributed by atoms with Crippen LogP contribution in [0.5, 0.6) is 0 Å². The maximum absolute atomic E-state index is 5.93. The summed E-state index contributed by atoms with van der Waals surface area (Å²) in [6, 6.07) is 0. The molecule has 0 unspecified atom stereocenters. The Morgan fingerprint density at radius 2 is 1.76 bits per heavy atom. The molecule has 0 spiro atoms. The van der Waals surface area contributed by atoms with Gasteiger partial charge in [0.25, 0.3) is 0 Å². The molecule has 0 saturated carbocycles. The number of hydrogen-bond donors (Lipinski definition) is 1. The zero-order chi connectivity index (χ0) is 12.5. The maximum atomic E-state index is 5.93. The van der Waals surface area contributed by atoms with Crippen LogP contribution in [0.1, 0.15) is 65.2 Å². The lowest BCUT2D eigenvalue weighted by Crippen LogP contribution is -2.30. The first-order valence-electron chi connectivity index (χ1n) is 6.76. The minimum atomic E-state index is 1.02. The van der Waals surface area contributed by atoms with Gasteiger partial charge < -0.3 is 0 Å². The Bertz CT molecular complexity index is 274. The van der Waals surface area contributed by atoms with Gasteiger partial charge in [-0.2, -0.15) is 0 Å². The first-order chi connectivity index (χ1) is 8.26. The normalized spacial score (nSPS) is 15.4. The van der Waals surface area contributed by atoms with Gasteiger partial charge in [-0.05, 0) is 31.8 Å². The van der Waals surface area contributed by atoms with Crippen LogP contribution in [0, 0.1) is 0 Å². The minimum Gasteiger partial charge on any atom is -0.271 e. The van der Waals surface area contributed by atoms with Gasteiger partial charge in [-0.15, -0.1) is 9.74 Å². The molecule has 98 valence electrons. The third-order valence-electron chi connectivity index (χ3n) is 2.88. The molecule has 0 bridgehead atoms. The Kier molecular flexibility index (Phi) is 7.10. The lowest BCUT2D eigenvalue weighted by atomic mass is 10.1. The summed E-state index contributed by atoms with van der Waals surface area (Å²) in [6.07, 6.45) is 11.7. The number of unbranched alkanes of at least 4 members (excludes halogenated alkanes) is 4. The van der Waals surface area contributed by atoms with Crippen LogP contribution in [0.3, 0.4) is 0 Å². The van der Waals surface area contributed by atoms with Gasteiger partial charge in [0.15, 0.2) is 0 Å². The van der Waals surface area contributed by atoms with E-state index in [0.29, 0.717) is 0 Å². The van der Waals surface area contributed by atoms with E-state index in [1.807, 2.05) is 0 Å². The molecule has 0 aromatic rings. The molecule has 0 atom stereocenters. The van der Waals surface area contributed by atoms with Gasteiger partial charge in [0, 0.05) is 5.70 Å². The summed E-state index contributed by atoms with van der Waals surface area (Å²) in [4.78, 5) is 0. The summed E-state index contributed by atoms with van der Waals surface area (Å²) in [5, 5.41) is 4.26. The second-order valence-electron chi connectivity index (χ2n) is 4.55. The zero-order valence-corrected chi connectivity index (χ0v) is 11.8. The highest BCUT2D eigenvalue weighted by Gasteiger charge is 2.10. The molecule has 1 N–H and O–H groups in total. The first-order valence-corrected chi connectivity index (χ1v) is 7.10. The van der Waals surface area contributed by atoms with E-state index in [1.54, 1.807) is 0 Å². The molecule has 0 fully saturated rings. The Morgan fingerprint density at radius 1 is 1.12 bits per heavy atom. The van der Waals surface area contributed by atoms with Crippen LogP contribution in [0.4, 0.5) is 0 Å². The van der Waals surface area contributed by atoms with Crippen LogP contribution in [-0.2, 0) is 0 Å². The SMILES string of the molecule is CCCCCC1=CC(CCCCC)=NN(Cl)N1. The molecule has 3 nitrogen and oxygen atoms in total. The minimum absolute atomic E-state index is 1.02. The molecule has 17 heavy (non-hydrogen) atoms. The number of hydrazine groups is 1. The van der Waals surface area contributed by atoms with Gasteiger partial charge in [0.05, 0.1) is 17.5 Å². The number of allylic oxidation sites excluding steroid dienone is 2. The van der Waals surface area contributed by atoms with E-state index in [0.717, 1.165) is 18.6 Å². The average molecular weight is 258 g/mol. The Labute approximate surface area is 110 Å². The summed E-state index contributed by atoms with van der Waals surface area (Å²) < 4.78 is 1.32. The van der Waals surface area contributed by atoms with Crippen molar-refractivity contribution in [1.82, 2.24) is 10.1 Å². The third-order valence-corrected chi connectivity index (χ3v) is 3.04. The van der Waals surface area contributed by atoms with Crippen molar-refractivity contribution < 1.29 is 0 Å². The predicted octanol–water partition coefficient (Wildman–Crippen LogP) is 4.36. The molecular weight excluding hydrogens is 234 g/mol. The van der Waals surface area contributed by atoms with E-state index in [4.69, 9.17) is 11.8 Å². The number of hydrazone groups is 1. The first kappa shape index (κ1) is 14.4. The summed E-state index contributed by atoms with van der Waals surface area (Å²) in [7, 11) is 0. The van der Waals surface area contributed by atoms with Gasteiger partial charge in [0.1, 0.15) is 0 Å². The molecular formula is C13H24ClN3. The van der Waals surface area contributed by atoms with E-state index in [1.165, 1.54) is 48.9 Å². The second-order valence-corrected chi connectivity index (χ2v) is 4.87. The maximum Gasteiger partial charge on any atom is 0.0658 e. The fourth-order valence-corrected chi connectivity index (χ4v) is 2.10. The van der Waals surface area contributed by atoms with Crippen molar-refractivity contribution in [2.75, 3.05) is 0 Å². The summed E-state index contributed by atoms with van der Waals surface area (Å²) in [5.41, 5.74) is 5.35. The fraction of sp³-hybridized carbons (Fsp3) is 0.769. The molecule has 0 aliphatic carbocycles. The number of rotatable bonds is 8. The predicted molar refractivity (Wildman–Crippen MR) is 74.6 cm³/mol. The molecule has 0 aromatic carbocycles. The zero-order valence-electron chi connectivity index (χ0n) is 11.0. The van der Waals surface area contributed by atoms with Gasteiger partial charge >= 0.3 is 0 Å². The van der Waals surface area contributed by atoms with Crippen LogP contribution in [0.25, 0.3) is 0 Å². The van der Waals surface area contributed by atoms with Crippen molar-refractivity contribution in [2.45, 2.75) is 65.2 Å². The largest absolute Gasteiger partial charge is 0.271 e. The summed E-state index contributed by atoms with van der Waals surface area (Å²) in [6.45, 7) is 4.43. The van der Waals surface area contributed by atoms with E-state index in [2.05, 4.69) is 30.5 Å². The Hall–Kier alpha value is -0.700. The third kappa shape index (κ3) is 5.97. The molecule has 0 amide bonds. The van der Waals surface area contributed by atoms with Crippen molar-refractivity contribution >= 4 is 17.5 Å². The van der Waals surface area contributed by atoms with Crippen LogP contribution in [-0.4, -0.2) is 10.3 Å². The summed E-state index contributed by atoms with van der Waals surface area (Å²) in [5.74, 6) is 0. The molecule has 0 saturated heterocycles. The Morgan fingerprint density at radius 3 is 2.41 bits per heavy atom. The molecule has 1 heterocycles. The van der Waals surface area contributed by atoms with Gasteiger partial charge in [-0.3, -0.25) is 5.43 Å². The van der Waals surface area contributed by atoms with Crippen LogP contribution in [0.15, 0.2) is 16.9 Å². The standard InChI is InChI=1S/C13H24ClN3/c1-3-5-7-9-12-11-13(10-8-6-4-2)16-17(14)15-12/h11,15H,3-10H2,1-2H3. The van der Waals surface area contributed by atoms with Gasteiger partial charge in [-0.25, -0.2) is 0 Å². The molecule has 1 rings (SSSR count). The van der Waals surface area contributed by atoms with Gasteiger partial charge in [-0.1, -0.05) is 39.5 Å². The summed E-state index contributed by atoms with van der Waals surface area (Å²) >= 11 is 5.93. The van der Waals surface area contributed by atoms with Crippen LogP contribution >= 0.6 is 11.8 Å². The lowest BCUT2D eigenvalue weighted by Gasteiger charge is -2.21. The quantitative estimate of drug-likeness (QED) is 0.517. The second kappa shape index (κ2) is 8.40. The number of hydrogen-bond acceptors (Lipinski definition) is 3. The molecule has 1 aliphatic rings. The molecule has 0 radical (unpaired) electrons. The van der Waals surface area contributed by atoms with E-state index in [9.17, 15) is 0 Å². The van der Waals surface area contributed by atoms with Crippen molar-refractivity contribution in [3.63, 3.8) is 0 Å². The van der Waals surface area contributed by atoms with E-state index in [-0.39, 0.29) is 0 Å². The van der Waals surface area contributed by atoms with Gasteiger partial charge in [0.2, 0.25) is 0 Å².